The molecule has 1 aliphatic carbocycles. The highest BCUT2D eigenvalue weighted by Crippen LogP contribution is 2.31. The monoisotopic (exact) mass is 230 g/mol. The van der Waals surface area contributed by atoms with E-state index in [1.54, 1.807) is 7.11 Å². The highest BCUT2D eigenvalue weighted by Gasteiger charge is 2.16. The summed E-state index contributed by atoms with van der Waals surface area (Å²) in [5, 5.41) is 0. The van der Waals surface area contributed by atoms with Gasteiger partial charge in [-0.2, -0.15) is 0 Å². The number of hydrogen-bond donors (Lipinski definition) is 0. The van der Waals surface area contributed by atoms with Gasteiger partial charge in [0.05, 0.1) is 7.11 Å². The minimum atomic E-state index is 0.834. The number of para-hydroxylation sites is 1. The van der Waals surface area contributed by atoms with Crippen molar-refractivity contribution in [1.29, 1.82) is 0 Å². The normalized spacial score (nSPS) is 20.3. The Morgan fingerprint density at radius 3 is 2.94 bits per heavy atom. The molecule has 1 heteroatoms. The largest absolute Gasteiger partial charge is 0.496 e. The lowest BCUT2D eigenvalue weighted by atomic mass is 9.83. The third-order valence-electron chi connectivity index (χ3n) is 3.73. The Labute approximate surface area is 104 Å². The van der Waals surface area contributed by atoms with Gasteiger partial charge in [0.1, 0.15) is 5.75 Å². The number of allylic oxidation sites excluding steroid dienone is 1. The Morgan fingerprint density at radius 1 is 1.35 bits per heavy atom. The highest BCUT2D eigenvalue weighted by molar-refractivity contribution is 5.33. The quantitative estimate of drug-likeness (QED) is 0.698. The van der Waals surface area contributed by atoms with Crippen LogP contribution in [0.2, 0.25) is 0 Å². The molecule has 0 aliphatic heterocycles. The summed E-state index contributed by atoms with van der Waals surface area (Å²) in [4.78, 5) is 0. The lowest BCUT2D eigenvalue weighted by Gasteiger charge is -2.23. The average Bonchev–Trinajstić information content (AvgIpc) is 2.37. The van der Waals surface area contributed by atoms with E-state index in [0.717, 1.165) is 18.1 Å². The molecule has 17 heavy (non-hydrogen) atoms. The number of benzene rings is 1. The van der Waals surface area contributed by atoms with Crippen molar-refractivity contribution < 1.29 is 4.74 Å². The Morgan fingerprint density at radius 2 is 2.18 bits per heavy atom. The summed E-state index contributed by atoms with van der Waals surface area (Å²) in [5.74, 6) is 1.86. The molecule has 1 aromatic rings. The molecule has 0 heterocycles. The first-order valence-electron chi connectivity index (χ1n) is 6.58. The Hall–Kier alpha value is -1.24. The van der Waals surface area contributed by atoms with E-state index >= 15 is 0 Å². The number of ether oxygens (including phenoxy) is 1. The molecule has 2 rings (SSSR count). The van der Waals surface area contributed by atoms with E-state index in [1.807, 2.05) is 6.07 Å². The molecule has 0 saturated heterocycles. The second kappa shape index (κ2) is 5.90. The number of hydrogen-bond acceptors (Lipinski definition) is 1. The molecular formula is C16H22O. The van der Waals surface area contributed by atoms with Crippen LogP contribution in [-0.2, 0) is 6.42 Å². The van der Waals surface area contributed by atoms with Crippen molar-refractivity contribution in [2.45, 2.75) is 38.5 Å². The molecule has 0 aromatic heterocycles. The molecule has 0 radical (unpaired) electrons. The summed E-state index contributed by atoms with van der Waals surface area (Å²) in [7, 11) is 1.75. The van der Waals surface area contributed by atoms with E-state index in [0.29, 0.717) is 0 Å². The van der Waals surface area contributed by atoms with E-state index in [-0.39, 0.29) is 0 Å². The van der Waals surface area contributed by atoms with E-state index in [2.05, 4.69) is 24.8 Å². The lowest BCUT2D eigenvalue weighted by molar-refractivity contribution is 0.383. The molecule has 1 atom stereocenters. The Kier molecular flexibility index (Phi) is 4.24. The average molecular weight is 230 g/mol. The zero-order valence-corrected chi connectivity index (χ0v) is 10.7. The maximum atomic E-state index is 5.39. The van der Waals surface area contributed by atoms with Crippen molar-refractivity contribution in [2.24, 2.45) is 5.92 Å². The molecule has 1 nitrogen and oxygen atoms in total. The van der Waals surface area contributed by atoms with Gasteiger partial charge in [-0.3, -0.25) is 0 Å². The van der Waals surface area contributed by atoms with Crippen LogP contribution in [0, 0.1) is 5.92 Å². The summed E-state index contributed by atoms with van der Waals surface area (Å²) >= 11 is 0. The van der Waals surface area contributed by atoms with Crippen molar-refractivity contribution in [3.05, 3.63) is 42.0 Å². The van der Waals surface area contributed by atoms with Crippen LogP contribution in [0.3, 0.4) is 0 Å². The van der Waals surface area contributed by atoms with Gasteiger partial charge in [-0.15, -0.1) is 0 Å². The fraction of sp³-hybridized carbons (Fsp3) is 0.500. The van der Waals surface area contributed by atoms with E-state index < -0.39 is 0 Å². The van der Waals surface area contributed by atoms with Crippen molar-refractivity contribution in [3.8, 4) is 5.75 Å². The van der Waals surface area contributed by atoms with Gasteiger partial charge in [-0.25, -0.2) is 0 Å². The fourth-order valence-corrected chi connectivity index (χ4v) is 2.77. The van der Waals surface area contributed by atoms with Crippen LogP contribution < -0.4 is 4.74 Å². The lowest BCUT2D eigenvalue weighted by Crippen LogP contribution is -2.09. The second-order valence-electron chi connectivity index (χ2n) is 5.06. The maximum absolute atomic E-state index is 5.39. The summed E-state index contributed by atoms with van der Waals surface area (Å²) in [6.07, 6.45) is 7.56. The van der Waals surface area contributed by atoms with Gasteiger partial charge in [-0.1, -0.05) is 30.4 Å². The predicted octanol–water partition coefficient (Wildman–Crippen LogP) is 4.37. The Balaban J connectivity index is 1.90. The van der Waals surface area contributed by atoms with Crippen LogP contribution in [0.1, 0.15) is 37.7 Å². The van der Waals surface area contributed by atoms with Crippen molar-refractivity contribution in [1.82, 2.24) is 0 Å². The van der Waals surface area contributed by atoms with Crippen LogP contribution in [0.5, 0.6) is 5.75 Å². The molecule has 0 amide bonds. The van der Waals surface area contributed by atoms with Gasteiger partial charge in [0.25, 0.3) is 0 Å². The summed E-state index contributed by atoms with van der Waals surface area (Å²) in [5.41, 5.74) is 2.78. The molecule has 1 fully saturated rings. The SMILES string of the molecule is C=C1CCCC(CCc2ccccc2OC)C1. The van der Waals surface area contributed by atoms with Gasteiger partial charge < -0.3 is 4.74 Å². The minimum Gasteiger partial charge on any atom is -0.496 e. The van der Waals surface area contributed by atoms with Crippen LogP contribution in [0.4, 0.5) is 0 Å². The standard InChI is InChI=1S/C16H22O/c1-13-6-5-7-14(12-13)10-11-15-8-3-4-9-16(15)17-2/h3-4,8-9,14H,1,5-7,10-12H2,2H3. The summed E-state index contributed by atoms with van der Waals surface area (Å²) in [6.45, 7) is 4.13. The van der Waals surface area contributed by atoms with Crippen molar-refractivity contribution in [2.75, 3.05) is 7.11 Å². The molecule has 1 saturated carbocycles. The Bertz CT molecular complexity index is 381. The van der Waals surface area contributed by atoms with Crippen LogP contribution in [-0.4, -0.2) is 7.11 Å². The topological polar surface area (TPSA) is 9.23 Å². The first-order chi connectivity index (χ1) is 8.29. The van der Waals surface area contributed by atoms with Gasteiger partial charge >= 0.3 is 0 Å². The van der Waals surface area contributed by atoms with E-state index in [9.17, 15) is 0 Å². The minimum absolute atomic E-state index is 0.834. The summed E-state index contributed by atoms with van der Waals surface area (Å²) < 4.78 is 5.39. The molecule has 1 unspecified atom stereocenters. The third-order valence-corrected chi connectivity index (χ3v) is 3.73. The molecule has 0 N–H and O–H groups in total. The fourth-order valence-electron chi connectivity index (χ4n) is 2.77. The van der Waals surface area contributed by atoms with Gasteiger partial charge in [0.15, 0.2) is 0 Å². The predicted molar refractivity (Wildman–Crippen MR) is 72.4 cm³/mol. The van der Waals surface area contributed by atoms with Gasteiger partial charge in [0.2, 0.25) is 0 Å². The smallest absolute Gasteiger partial charge is 0.122 e. The van der Waals surface area contributed by atoms with Crippen LogP contribution >= 0.6 is 0 Å². The highest BCUT2D eigenvalue weighted by atomic mass is 16.5. The molecule has 1 aliphatic rings. The number of rotatable bonds is 4. The molecular weight excluding hydrogens is 208 g/mol. The number of methoxy groups -OCH3 is 1. The van der Waals surface area contributed by atoms with Crippen molar-refractivity contribution in [3.63, 3.8) is 0 Å². The van der Waals surface area contributed by atoms with Crippen LogP contribution in [0.15, 0.2) is 36.4 Å². The third kappa shape index (κ3) is 3.36. The zero-order chi connectivity index (χ0) is 12.1. The molecule has 0 spiro atoms. The molecule has 92 valence electrons. The van der Waals surface area contributed by atoms with Crippen LogP contribution in [0.25, 0.3) is 0 Å². The molecule has 0 bridgehead atoms. The van der Waals surface area contributed by atoms with E-state index in [1.165, 1.54) is 43.2 Å². The first-order valence-corrected chi connectivity index (χ1v) is 6.58. The molecule has 1 aromatic carbocycles. The summed E-state index contributed by atoms with van der Waals surface area (Å²) in [6, 6.07) is 8.36. The second-order valence-corrected chi connectivity index (χ2v) is 5.06. The maximum Gasteiger partial charge on any atom is 0.122 e. The first kappa shape index (κ1) is 12.2. The van der Waals surface area contributed by atoms with E-state index in [4.69, 9.17) is 4.74 Å². The van der Waals surface area contributed by atoms with Crippen molar-refractivity contribution >= 4 is 0 Å². The zero-order valence-electron chi connectivity index (χ0n) is 10.7. The number of aryl methyl sites for hydroxylation is 1. The van der Waals surface area contributed by atoms with Gasteiger partial charge in [-0.05, 0) is 56.1 Å². The van der Waals surface area contributed by atoms with Gasteiger partial charge in [0, 0.05) is 0 Å².